The Morgan fingerprint density at radius 2 is 1.17 bits per heavy atom. The third-order valence-electron chi connectivity index (χ3n) is 7.97. The largest absolute Gasteiger partial charge is 0.498 e. The minimum atomic E-state index is -0.302. The van der Waals surface area contributed by atoms with Crippen LogP contribution in [0.3, 0.4) is 0 Å². The number of hydrogen-bond acceptors (Lipinski definition) is 10. The first-order chi connectivity index (χ1) is 24.2. The predicted octanol–water partition coefficient (Wildman–Crippen LogP) is 5.47. The van der Waals surface area contributed by atoms with Crippen LogP contribution < -0.4 is 20.5 Å². The number of rotatable bonds is 5. The summed E-state index contributed by atoms with van der Waals surface area (Å²) in [6.45, 7) is 8.18. The van der Waals surface area contributed by atoms with Crippen molar-refractivity contribution >= 4 is 28.5 Å². The number of aromatic amines is 1. The molecule has 1 fully saturated rings. The maximum absolute atomic E-state index is 10.8. The van der Waals surface area contributed by atoms with Gasteiger partial charge >= 0.3 is 7.12 Å². The van der Waals surface area contributed by atoms with E-state index in [0.29, 0.717) is 11.8 Å². The van der Waals surface area contributed by atoms with Gasteiger partial charge in [0.05, 0.1) is 37.8 Å². The Bertz CT molecular complexity index is 1990. The van der Waals surface area contributed by atoms with Gasteiger partial charge in [0.1, 0.15) is 0 Å². The molecule has 0 aromatic carbocycles. The molecule has 14 nitrogen and oxygen atoms in total. The van der Waals surface area contributed by atoms with E-state index in [9.17, 15) is 4.79 Å². The second-order valence-corrected chi connectivity index (χ2v) is 13.3. The number of halogens is 1. The van der Waals surface area contributed by atoms with Gasteiger partial charge in [0.15, 0.2) is 0 Å². The number of nitrogens with one attached hydrogen (secondary N) is 1. The molecule has 0 atom stereocenters. The highest BCUT2D eigenvalue weighted by Gasteiger charge is 2.52. The van der Waals surface area contributed by atoms with Crippen molar-refractivity contribution in [2.24, 2.45) is 21.1 Å². The topological polar surface area (TPSA) is 149 Å². The van der Waals surface area contributed by atoms with E-state index in [4.69, 9.17) is 18.8 Å². The lowest BCUT2D eigenvalue weighted by Crippen LogP contribution is -2.41. The monoisotopic (exact) mass is 775 g/mol. The molecule has 0 spiro atoms. The van der Waals surface area contributed by atoms with Crippen LogP contribution in [0.5, 0.6) is 11.8 Å². The number of pyridine rings is 3. The van der Waals surface area contributed by atoms with E-state index in [0.717, 1.165) is 32.2 Å². The van der Waals surface area contributed by atoms with Crippen LogP contribution in [-0.2, 0) is 30.5 Å². The Morgan fingerprint density at radius 3 is 1.58 bits per heavy atom. The Balaban J connectivity index is 0.000000188. The quantitative estimate of drug-likeness (QED) is 0.224. The summed E-state index contributed by atoms with van der Waals surface area (Å²) in [7, 11) is 8.52. The highest BCUT2D eigenvalue weighted by Crippen LogP contribution is 2.36. The van der Waals surface area contributed by atoms with E-state index in [2.05, 4.69) is 46.2 Å². The van der Waals surface area contributed by atoms with Crippen molar-refractivity contribution in [3.8, 4) is 34.0 Å². The van der Waals surface area contributed by atoms with Gasteiger partial charge in [0, 0.05) is 115 Å². The summed E-state index contributed by atoms with van der Waals surface area (Å²) in [5.74, 6) is 1.26. The molecule has 0 amide bonds. The molecule has 0 radical (unpaired) electrons. The highest BCUT2D eigenvalue weighted by atomic mass is 79.9. The molecule has 1 aliphatic rings. The fraction of sp³-hybridized carbons (Fsp3) is 0.333. The minimum Gasteiger partial charge on any atom is -0.481 e. The second-order valence-electron chi connectivity index (χ2n) is 12.4. The molecule has 0 aliphatic carbocycles. The van der Waals surface area contributed by atoms with Crippen molar-refractivity contribution in [2.75, 3.05) is 14.2 Å². The Kier molecular flexibility index (Phi) is 14.7. The predicted molar refractivity (Wildman–Crippen MR) is 206 cm³/mol. The SMILES string of the molecule is C.COc1ccc(-c2cnn(C)c2)cn1.COc1ccc(Br)cn1.Cn1cc(-c2ccc(=O)[nH]c2)cn1.Cn1cc(B2OC(C)(C)C(C)(C)O2)cn1. The standard InChI is InChI=1S/C10H17BN2O2.C10H11N3O.C9H9N3O.C6H6BrNO.CH4/c1-9(2)10(3,4)15-11(14-9)8-6-12-13(5)7-8;1-13-7-9(6-12-13)8-3-4-10(14-2)11-5-8;1-12-6-8(5-11-12)7-2-3-9(13)10-4-7;1-9-6-3-2-5(7)4-8-6;/h6-7H,1-5H3;3-7H,1-2H3;2-6H,1H3,(H,10,13);2-4H,1H3;1H4. The zero-order valence-electron chi connectivity index (χ0n) is 30.2. The molecule has 16 heteroatoms. The molecule has 52 heavy (non-hydrogen) atoms. The number of H-pyrrole nitrogens is 1. The molecular weight excluding hydrogens is 729 g/mol. The Labute approximate surface area is 313 Å². The van der Waals surface area contributed by atoms with Crippen molar-refractivity contribution in [1.82, 2.24) is 44.3 Å². The summed E-state index contributed by atoms with van der Waals surface area (Å²) in [4.78, 5) is 21.4. The summed E-state index contributed by atoms with van der Waals surface area (Å²) in [5, 5.41) is 12.2. The molecular formula is C36H47BBrN9O5. The molecule has 6 aromatic rings. The van der Waals surface area contributed by atoms with Crippen LogP contribution in [0.1, 0.15) is 35.1 Å². The molecule has 1 saturated heterocycles. The van der Waals surface area contributed by atoms with Crippen molar-refractivity contribution in [3.05, 3.63) is 107 Å². The average molecular weight is 777 g/mol. The zero-order chi connectivity index (χ0) is 37.2. The fourth-order valence-electron chi connectivity index (χ4n) is 4.43. The average Bonchev–Trinajstić information content (AvgIpc) is 3.90. The van der Waals surface area contributed by atoms with Gasteiger partial charge in [-0.05, 0) is 61.8 Å². The molecule has 7 heterocycles. The van der Waals surface area contributed by atoms with Gasteiger partial charge in [0.2, 0.25) is 17.3 Å². The van der Waals surface area contributed by atoms with Gasteiger partial charge < -0.3 is 23.8 Å². The zero-order valence-corrected chi connectivity index (χ0v) is 31.8. The van der Waals surface area contributed by atoms with Crippen LogP contribution >= 0.6 is 15.9 Å². The lowest BCUT2D eigenvalue weighted by atomic mass is 9.82. The van der Waals surface area contributed by atoms with Crippen LogP contribution in [0.15, 0.2) is 101 Å². The smallest absolute Gasteiger partial charge is 0.481 e. The summed E-state index contributed by atoms with van der Waals surface area (Å²) >= 11 is 3.26. The van der Waals surface area contributed by atoms with E-state index < -0.39 is 0 Å². The number of methoxy groups -OCH3 is 2. The number of aromatic nitrogens is 9. The van der Waals surface area contributed by atoms with Crippen molar-refractivity contribution in [3.63, 3.8) is 0 Å². The molecule has 1 N–H and O–H groups in total. The van der Waals surface area contributed by atoms with Crippen LogP contribution in [-0.4, -0.2) is 76.8 Å². The second kappa shape index (κ2) is 18.4. The number of ether oxygens (including phenoxy) is 2. The first-order valence-electron chi connectivity index (χ1n) is 15.9. The first-order valence-corrected chi connectivity index (χ1v) is 16.7. The van der Waals surface area contributed by atoms with Crippen LogP contribution in [0, 0.1) is 0 Å². The van der Waals surface area contributed by atoms with Gasteiger partial charge in [0.25, 0.3) is 0 Å². The molecule has 0 saturated carbocycles. The van der Waals surface area contributed by atoms with E-state index >= 15 is 0 Å². The van der Waals surface area contributed by atoms with E-state index in [1.165, 1.54) is 6.07 Å². The fourth-order valence-corrected chi connectivity index (χ4v) is 4.66. The van der Waals surface area contributed by atoms with E-state index in [1.54, 1.807) is 71.4 Å². The summed E-state index contributed by atoms with van der Waals surface area (Å²) < 4.78 is 27.8. The molecule has 6 aromatic heterocycles. The first kappa shape index (κ1) is 41.4. The third-order valence-corrected chi connectivity index (χ3v) is 8.43. The Morgan fingerprint density at radius 1 is 0.673 bits per heavy atom. The number of nitrogens with zero attached hydrogens (tertiary/aromatic N) is 8. The van der Waals surface area contributed by atoms with Gasteiger partial charge in [-0.25, -0.2) is 9.97 Å². The molecule has 1 aliphatic heterocycles. The van der Waals surface area contributed by atoms with Crippen molar-refractivity contribution < 1.29 is 18.8 Å². The summed E-state index contributed by atoms with van der Waals surface area (Å²) in [5.41, 5.74) is 4.37. The normalized spacial score (nSPS) is 13.6. The maximum atomic E-state index is 10.8. The maximum Gasteiger partial charge on any atom is 0.498 e. The van der Waals surface area contributed by atoms with E-state index in [1.807, 2.05) is 91.8 Å². The Hall–Kier alpha value is -5.06. The molecule has 0 unspecified atom stereocenters. The third kappa shape index (κ3) is 11.5. The van der Waals surface area contributed by atoms with E-state index in [-0.39, 0.29) is 31.3 Å². The number of hydrogen-bond donors (Lipinski definition) is 1. The van der Waals surface area contributed by atoms with Crippen LogP contribution in [0.2, 0.25) is 0 Å². The van der Waals surface area contributed by atoms with Gasteiger partial charge in [-0.1, -0.05) is 7.43 Å². The molecule has 7 rings (SSSR count). The van der Waals surface area contributed by atoms with Gasteiger partial charge in [-0.15, -0.1) is 0 Å². The minimum absolute atomic E-state index is 0. The van der Waals surface area contributed by atoms with Crippen LogP contribution in [0.4, 0.5) is 0 Å². The summed E-state index contributed by atoms with van der Waals surface area (Å²) in [6.07, 6.45) is 16.3. The highest BCUT2D eigenvalue weighted by molar-refractivity contribution is 9.10. The number of aryl methyl sites for hydroxylation is 3. The lowest BCUT2D eigenvalue weighted by molar-refractivity contribution is 0.00578. The summed E-state index contributed by atoms with van der Waals surface area (Å²) in [6, 6.07) is 10.7. The van der Waals surface area contributed by atoms with Gasteiger partial charge in [-0.3, -0.25) is 18.8 Å². The lowest BCUT2D eigenvalue weighted by Gasteiger charge is -2.32. The van der Waals surface area contributed by atoms with Crippen molar-refractivity contribution in [1.29, 1.82) is 0 Å². The van der Waals surface area contributed by atoms with Crippen LogP contribution in [0.25, 0.3) is 22.3 Å². The molecule has 0 bridgehead atoms. The molecule has 276 valence electrons. The van der Waals surface area contributed by atoms with Crippen molar-refractivity contribution in [2.45, 2.75) is 46.3 Å². The van der Waals surface area contributed by atoms with Gasteiger partial charge in [-0.2, -0.15) is 15.3 Å².